The van der Waals surface area contributed by atoms with Crippen molar-refractivity contribution in [1.82, 2.24) is 25.0 Å². The minimum absolute atomic E-state index is 0.198. The van der Waals surface area contributed by atoms with Crippen molar-refractivity contribution in [1.29, 1.82) is 4.78 Å². The predicted octanol–water partition coefficient (Wildman–Crippen LogP) is 3.29. The number of ether oxygens (including phenoxy) is 1. The van der Waals surface area contributed by atoms with Crippen LogP contribution in [0.3, 0.4) is 0 Å². The minimum Gasteiger partial charge on any atom is -0.377 e. The van der Waals surface area contributed by atoms with E-state index < -0.39 is 9.73 Å². The zero-order valence-electron chi connectivity index (χ0n) is 18.2. The largest absolute Gasteiger partial charge is 0.377 e. The third-order valence-electron chi connectivity index (χ3n) is 5.81. The monoisotopic (exact) mass is 451 g/mol. The van der Waals surface area contributed by atoms with Gasteiger partial charge in [0.25, 0.3) is 0 Å². The lowest BCUT2D eigenvalue weighted by molar-refractivity contribution is 0.0986. The Labute approximate surface area is 186 Å². The fraction of sp³-hybridized carbons (Fsp3) is 0.318. The van der Waals surface area contributed by atoms with Gasteiger partial charge in [0.05, 0.1) is 40.2 Å². The molecule has 5 rings (SSSR count). The molecule has 1 saturated heterocycles. The van der Waals surface area contributed by atoms with Gasteiger partial charge in [-0.25, -0.2) is 14.0 Å². The van der Waals surface area contributed by atoms with Crippen molar-refractivity contribution in [3.05, 3.63) is 42.6 Å². The van der Waals surface area contributed by atoms with Gasteiger partial charge in [-0.1, -0.05) is 12.1 Å². The summed E-state index contributed by atoms with van der Waals surface area (Å²) < 4.78 is 27.5. The molecule has 1 aliphatic rings. The third-order valence-corrected chi connectivity index (χ3v) is 6.98. The number of fused-ring (bicyclic) bond motifs is 1. The van der Waals surface area contributed by atoms with Crippen molar-refractivity contribution in [2.24, 2.45) is 7.05 Å². The first-order valence-corrected chi connectivity index (χ1v) is 12.4. The summed E-state index contributed by atoms with van der Waals surface area (Å²) in [6.45, 7) is 4.19. The number of hydrogen-bond donors (Lipinski definition) is 2. The van der Waals surface area contributed by atoms with E-state index in [2.05, 4.69) is 28.1 Å². The van der Waals surface area contributed by atoms with Gasteiger partial charge in [0.1, 0.15) is 17.0 Å². The smallest absolute Gasteiger partial charge is 0.136 e. The highest BCUT2D eigenvalue weighted by molar-refractivity contribution is 7.91. The zero-order valence-corrected chi connectivity index (χ0v) is 19.0. The van der Waals surface area contributed by atoms with Crippen molar-refractivity contribution in [3.63, 3.8) is 0 Å². The average Bonchev–Trinajstić information content (AvgIpc) is 3.41. The van der Waals surface area contributed by atoms with Gasteiger partial charge < -0.3 is 9.64 Å². The maximum absolute atomic E-state index is 12.1. The first-order chi connectivity index (χ1) is 15.3. The quantitative estimate of drug-likeness (QED) is 0.492. The lowest BCUT2D eigenvalue weighted by Gasteiger charge is -2.34. The van der Waals surface area contributed by atoms with Crippen LogP contribution >= 0.6 is 0 Å². The van der Waals surface area contributed by atoms with Crippen LogP contribution in [0.5, 0.6) is 0 Å². The van der Waals surface area contributed by atoms with Gasteiger partial charge in [0, 0.05) is 36.5 Å². The van der Waals surface area contributed by atoms with Crippen LogP contribution in [0.2, 0.25) is 0 Å². The van der Waals surface area contributed by atoms with E-state index in [0.717, 1.165) is 45.9 Å². The van der Waals surface area contributed by atoms with Gasteiger partial charge in [0.2, 0.25) is 0 Å². The van der Waals surface area contributed by atoms with Gasteiger partial charge in [0.15, 0.2) is 0 Å². The topological polar surface area (TPSA) is 113 Å². The third kappa shape index (κ3) is 3.55. The molecule has 0 aliphatic carbocycles. The van der Waals surface area contributed by atoms with E-state index in [1.165, 1.54) is 6.26 Å². The molecule has 0 saturated carbocycles. The van der Waals surface area contributed by atoms with E-state index in [-0.39, 0.29) is 6.04 Å². The number of benzene rings is 1. The van der Waals surface area contributed by atoms with Crippen LogP contribution in [0.25, 0.3) is 33.5 Å². The van der Waals surface area contributed by atoms with Gasteiger partial charge >= 0.3 is 0 Å². The molecule has 0 spiro atoms. The highest BCUT2D eigenvalue weighted by Gasteiger charge is 2.25. The molecule has 0 bridgehead atoms. The zero-order chi connectivity index (χ0) is 22.5. The summed E-state index contributed by atoms with van der Waals surface area (Å²) in [5, 5.41) is 11.8. The number of nitrogens with one attached hydrogen (secondary N) is 2. The molecular formula is C22H25N7O2S. The Bertz CT molecular complexity index is 1380. The second kappa shape index (κ2) is 7.72. The molecule has 0 amide bonds. The number of aromatic nitrogens is 5. The maximum atomic E-state index is 12.1. The molecule has 1 unspecified atom stereocenters. The Hall–Kier alpha value is -3.24. The van der Waals surface area contributed by atoms with Crippen LogP contribution in [0.15, 0.2) is 47.5 Å². The number of anilines is 1. The molecule has 4 heterocycles. The molecule has 10 heteroatoms. The van der Waals surface area contributed by atoms with Gasteiger partial charge in [-0.2, -0.15) is 10.2 Å². The lowest BCUT2D eigenvalue weighted by Crippen LogP contribution is -2.44. The number of aryl methyl sites for hydroxylation is 1. The van der Waals surface area contributed by atoms with E-state index in [9.17, 15) is 4.21 Å². The summed E-state index contributed by atoms with van der Waals surface area (Å²) in [5.74, 6) is 0.862. The molecular weight excluding hydrogens is 426 g/mol. The van der Waals surface area contributed by atoms with Crippen molar-refractivity contribution in [2.75, 3.05) is 30.9 Å². The Morgan fingerprint density at radius 3 is 2.69 bits per heavy atom. The summed E-state index contributed by atoms with van der Waals surface area (Å²) in [4.78, 5) is 7.80. The second-order valence-corrected chi connectivity index (χ2v) is 10.3. The summed E-state index contributed by atoms with van der Waals surface area (Å²) >= 11 is 0. The van der Waals surface area contributed by atoms with Crippen molar-refractivity contribution < 1.29 is 8.95 Å². The fourth-order valence-corrected chi connectivity index (χ4v) is 4.82. The van der Waals surface area contributed by atoms with E-state index >= 15 is 0 Å². The standard InChI is InChI=1S/C22H25N7O2S/c1-14-13-31-11-10-29(14)19-12-17(15-4-6-16(7-5-15)32(3,23)30)22-21(25-19)20(27-28(22)2)18-8-9-24-26-18/h4-9,12,14,23H,10-11,13H2,1-3H3,(H,24,26)/t14-,32?/m1/s1. The maximum Gasteiger partial charge on any atom is 0.136 e. The number of pyridine rings is 1. The molecule has 166 valence electrons. The number of hydrogen-bond acceptors (Lipinski definition) is 7. The van der Waals surface area contributed by atoms with E-state index in [0.29, 0.717) is 18.1 Å². The summed E-state index contributed by atoms with van der Waals surface area (Å²) in [7, 11) is -0.869. The highest BCUT2D eigenvalue weighted by atomic mass is 32.2. The first-order valence-electron chi connectivity index (χ1n) is 10.4. The molecule has 0 radical (unpaired) electrons. The number of rotatable bonds is 4. The molecule has 1 aromatic carbocycles. The summed E-state index contributed by atoms with van der Waals surface area (Å²) in [5.41, 5.74) is 5.15. The molecule has 9 nitrogen and oxygen atoms in total. The van der Waals surface area contributed by atoms with E-state index in [1.54, 1.807) is 18.3 Å². The van der Waals surface area contributed by atoms with Crippen LogP contribution in [0.4, 0.5) is 5.82 Å². The van der Waals surface area contributed by atoms with Crippen LogP contribution < -0.4 is 4.90 Å². The van der Waals surface area contributed by atoms with E-state index in [1.807, 2.05) is 29.9 Å². The minimum atomic E-state index is -2.77. The SMILES string of the molecule is C[C@@H]1COCCN1c1cc(-c2ccc(S(C)(=N)=O)cc2)c2c(n1)c(-c1ccn[nH]1)nn2C. The molecule has 32 heavy (non-hydrogen) atoms. The average molecular weight is 452 g/mol. The van der Waals surface area contributed by atoms with Crippen molar-refractivity contribution in [3.8, 4) is 22.5 Å². The molecule has 1 aliphatic heterocycles. The van der Waals surface area contributed by atoms with Gasteiger partial charge in [-0.3, -0.25) is 9.78 Å². The number of H-pyrrole nitrogens is 1. The molecule has 3 aromatic heterocycles. The lowest BCUT2D eigenvalue weighted by atomic mass is 10.0. The summed E-state index contributed by atoms with van der Waals surface area (Å²) in [6, 6.07) is 11.5. The predicted molar refractivity (Wildman–Crippen MR) is 124 cm³/mol. The van der Waals surface area contributed by atoms with Crippen LogP contribution in [0.1, 0.15) is 6.92 Å². The Balaban J connectivity index is 1.75. The number of nitrogens with zero attached hydrogens (tertiary/aromatic N) is 5. The van der Waals surface area contributed by atoms with Crippen LogP contribution in [-0.4, -0.2) is 61.2 Å². The number of morpholine rings is 1. The van der Waals surface area contributed by atoms with Crippen molar-refractivity contribution >= 4 is 26.6 Å². The Morgan fingerprint density at radius 2 is 2.03 bits per heavy atom. The molecule has 2 N–H and O–H groups in total. The van der Waals surface area contributed by atoms with Crippen LogP contribution in [-0.2, 0) is 21.5 Å². The van der Waals surface area contributed by atoms with Crippen LogP contribution in [0, 0.1) is 4.78 Å². The molecule has 4 aromatic rings. The van der Waals surface area contributed by atoms with Crippen molar-refractivity contribution in [2.45, 2.75) is 17.9 Å². The van der Waals surface area contributed by atoms with Gasteiger partial charge in [-0.15, -0.1) is 0 Å². The second-order valence-electron chi connectivity index (χ2n) is 8.15. The Morgan fingerprint density at radius 1 is 1.25 bits per heavy atom. The summed E-state index contributed by atoms with van der Waals surface area (Å²) in [6.07, 6.45) is 3.13. The highest BCUT2D eigenvalue weighted by Crippen LogP contribution is 2.36. The Kier molecular flexibility index (Phi) is 4.98. The first kappa shape index (κ1) is 20.7. The van der Waals surface area contributed by atoms with E-state index in [4.69, 9.17) is 19.6 Å². The number of aromatic amines is 1. The molecule has 2 atom stereocenters. The fourth-order valence-electron chi connectivity index (χ4n) is 4.16. The molecule has 1 fully saturated rings. The van der Waals surface area contributed by atoms with Gasteiger partial charge in [-0.05, 0) is 36.8 Å². The normalized spacial score (nSPS) is 18.7.